The highest BCUT2D eigenvalue weighted by Gasteiger charge is 2.21. The number of hydrogen-bond donors (Lipinski definition) is 6. The van der Waals surface area contributed by atoms with Crippen molar-refractivity contribution in [3.8, 4) is 0 Å². The zero-order valence-electron chi connectivity index (χ0n) is 14.9. The minimum Gasteiger partial charge on any atom is -0.399 e. The van der Waals surface area contributed by atoms with E-state index in [1.165, 1.54) is 0 Å². The molecule has 0 amide bonds. The lowest BCUT2D eigenvalue weighted by Crippen LogP contribution is -2.10. The van der Waals surface area contributed by atoms with Crippen molar-refractivity contribution in [3.63, 3.8) is 0 Å². The van der Waals surface area contributed by atoms with Gasteiger partial charge in [-0.15, -0.1) is 0 Å². The van der Waals surface area contributed by atoms with Crippen LogP contribution >= 0.6 is 0 Å². The molecule has 0 aliphatic carbocycles. The van der Waals surface area contributed by atoms with Crippen LogP contribution in [0, 0.1) is 0 Å². The average molecular weight is 453 g/mol. The topological polar surface area (TPSA) is 224 Å². The minimum absolute atomic E-state index is 0.0325. The van der Waals surface area contributed by atoms with Gasteiger partial charge >= 0.3 is 0 Å². The second-order valence-electron chi connectivity index (χ2n) is 5.82. The van der Waals surface area contributed by atoms with Gasteiger partial charge in [0.15, 0.2) is 0 Å². The van der Waals surface area contributed by atoms with Crippen molar-refractivity contribution in [2.24, 2.45) is 0 Å². The highest BCUT2D eigenvalue weighted by molar-refractivity contribution is 7.86. The molecular weight excluding hydrogens is 438 g/mol. The molecule has 0 spiro atoms. The fraction of sp³-hybridized carbons (Fsp3) is 0. The fourth-order valence-corrected chi connectivity index (χ4v) is 3.50. The summed E-state index contributed by atoms with van der Waals surface area (Å²) >= 11 is 0. The van der Waals surface area contributed by atoms with Crippen molar-refractivity contribution in [2.45, 2.75) is 9.79 Å². The molecule has 3 rings (SSSR count). The Balaban J connectivity index is 2.02. The van der Waals surface area contributed by atoms with E-state index in [2.05, 4.69) is 25.6 Å². The molecule has 1 aromatic heterocycles. The van der Waals surface area contributed by atoms with Crippen LogP contribution in [0.2, 0.25) is 0 Å². The van der Waals surface area contributed by atoms with Crippen LogP contribution in [0.3, 0.4) is 0 Å². The second-order valence-corrected chi connectivity index (χ2v) is 8.64. The normalized spacial score (nSPS) is 11.8. The molecule has 8 N–H and O–H groups in total. The van der Waals surface area contributed by atoms with Gasteiger partial charge in [-0.2, -0.15) is 31.8 Å². The maximum atomic E-state index is 11.6. The molecule has 0 saturated carbocycles. The van der Waals surface area contributed by atoms with Crippen molar-refractivity contribution in [2.75, 3.05) is 22.1 Å². The zero-order valence-corrected chi connectivity index (χ0v) is 16.5. The first-order valence-corrected chi connectivity index (χ1v) is 10.8. The molecule has 0 saturated heterocycles. The number of anilines is 6. The van der Waals surface area contributed by atoms with E-state index in [1.54, 1.807) is 24.3 Å². The third-order valence-corrected chi connectivity index (χ3v) is 5.33. The van der Waals surface area contributed by atoms with Gasteiger partial charge in [0.2, 0.25) is 17.8 Å². The Kier molecular flexibility index (Phi) is 5.45. The Morgan fingerprint density at radius 1 is 0.800 bits per heavy atom. The maximum absolute atomic E-state index is 11.6. The monoisotopic (exact) mass is 453 g/mol. The number of nitrogens with zero attached hydrogens (tertiary/aromatic N) is 3. The molecule has 0 bridgehead atoms. The predicted molar refractivity (Wildman–Crippen MR) is 108 cm³/mol. The molecular formula is C15H15N7O6S2. The summed E-state index contributed by atoms with van der Waals surface area (Å²) in [5, 5.41) is 5.27. The molecule has 0 aliphatic rings. The van der Waals surface area contributed by atoms with Gasteiger partial charge in [0.25, 0.3) is 20.2 Å². The Labute approximate surface area is 170 Å². The summed E-state index contributed by atoms with van der Waals surface area (Å²) in [6, 6.07) is 8.99. The number of nitrogens with one attached hydrogen (secondary N) is 2. The standard InChI is InChI=1S/C15H15N7O6S2/c16-8-2-1-3-9(6-8)18-14-20-13(17)21-15(22-14)19-11-7-10(29(23,24)25)4-5-12(11)30(26,27)28/h1-7H,16H2,(H,23,24,25)(H,26,27,28)(H4,17,18,19,20,21,22). The number of rotatable bonds is 6. The van der Waals surface area contributed by atoms with Crippen LogP contribution < -0.4 is 22.1 Å². The van der Waals surface area contributed by atoms with E-state index in [0.29, 0.717) is 11.4 Å². The maximum Gasteiger partial charge on any atom is 0.296 e. The van der Waals surface area contributed by atoms with Crippen LogP contribution in [0.5, 0.6) is 0 Å². The Morgan fingerprint density at radius 2 is 1.47 bits per heavy atom. The van der Waals surface area contributed by atoms with Gasteiger partial charge in [0, 0.05) is 11.4 Å². The van der Waals surface area contributed by atoms with E-state index in [9.17, 15) is 25.9 Å². The molecule has 30 heavy (non-hydrogen) atoms. The number of benzene rings is 2. The third-order valence-electron chi connectivity index (χ3n) is 3.57. The summed E-state index contributed by atoms with van der Waals surface area (Å²) in [4.78, 5) is 10.4. The van der Waals surface area contributed by atoms with Gasteiger partial charge in [-0.25, -0.2) is 0 Å². The number of nitrogens with two attached hydrogens (primary N) is 2. The largest absolute Gasteiger partial charge is 0.399 e. The van der Waals surface area contributed by atoms with E-state index >= 15 is 0 Å². The lowest BCUT2D eigenvalue weighted by molar-refractivity contribution is 0.479. The molecule has 158 valence electrons. The van der Waals surface area contributed by atoms with Crippen molar-refractivity contribution in [3.05, 3.63) is 42.5 Å². The smallest absolute Gasteiger partial charge is 0.296 e. The highest BCUT2D eigenvalue weighted by atomic mass is 32.2. The summed E-state index contributed by atoms with van der Waals surface area (Å²) in [5.74, 6) is -0.556. The Bertz CT molecular complexity index is 1330. The molecule has 0 aliphatic heterocycles. The third kappa shape index (κ3) is 5.09. The van der Waals surface area contributed by atoms with Crippen LogP contribution in [0.1, 0.15) is 0 Å². The van der Waals surface area contributed by atoms with E-state index < -0.39 is 35.7 Å². The van der Waals surface area contributed by atoms with E-state index in [0.717, 1.165) is 18.2 Å². The lowest BCUT2D eigenvalue weighted by atomic mass is 10.3. The lowest BCUT2D eigenvalue weighted by Gasteiger charge is -2.12. The van der Waals surface area contributed by atoms with Crippen molar-refractivity contribution in [1.82, 2.24) is 15.0 Å². The van der Waals surface area contributed by atoms with Gasteiger partial charge in [-0.1, -0.05) is 6.07 Å². The molecule has 2 aromatic carbocycles. The Morgan fingerprint density at radius 3 is 2.07 bits per heavy atom. The molecule has 0 radical (unpaired) electrons. The van der Waals surface area contributed by atoms with Crippen LogP contribution in [0.25, 0.3) is 0 Å². The minimum atomic E-state index is -4.76. The first kappa shape index (κ1) is 21.2. The van der Waals surface area contributed by atoms with Crippen LogP contribution in [-0.2, 0) is 20.2 Å². The van der Waals surface area contributed by atoms with Gasteiger partial charge < -0.3 is 22.1 Å². The molecule has 3 aromatic rings. The first-order valence-electron chi connectivity index (χ1n) is 7.92. The van der Waals surface area contributed by atoms with Gasteiger partial charge in [0.05, 0.1) is 10.6 Å². The fourth-order valence-electron chi connectivity index (χ4n) is 2.36. The van der Waals surface area contributed by atoms with Crippen molar-refractivity contribution in [1.29, 1.82) is 0 Å². The van der Waals surface area contributed by atoms with Crippen LogP contribution in [-0.4, -0.2) is 40.9 Å². The number of aromatic nitrogens is 3. The first-order chi connectivity index (χ1) is 13.9. The van der Waals surface area contributed by atoms with Gasteiger partial charge in [-0.05, 0) is 36.4 Å². The summed E-state index contributed by atoms with van der Waals surface area (Å²) in [6.45, 7) is 0. The molecule has 15 heteroatoms. The predicted octanol–water partition coefficient (Wildman–Crippen LogP) is 1.02. The van der Waals surface area contributed by atoms with Gasteiger partial charge in [-0.3, -0.25) is 9.11 Å². The molecule has 1 heterocycles. The summed E-state index contributed by atoms with van der Waals surface area (Å²) < 4.78 is 64.6. The van der Waals surface area contributed by atoms with Crippen LogP contribution in [0.4, 0.5) is 34.9 Å². The number of nitrogen functional groups attached to an aromatic ring is 2. The Hall–Kier alpha value is -3.53. The van der Waals surface area contributed by atoms with E-state index in [1.807, 2.05) is 0 Å². The summed E-state index contributed by atoms with van der Waals surface area (Å²) in [7, 11) is -9.42. The van der Waals surface area contributed by atoms with Crippen LogP contribution in [0.15, 0.2) is 52.3 Å². The highest BCUT2D eigenvalue weighted by Crippen LogP contribution is 2.27. The van der Waals surface area contributed by atoms with Gasteiger partial charge in [0.1, 0.15) is 4.90 Å². The average Bonchev–Trinajstić information content (AvgIpc) is 2.59. The quantitative estimate of drug-likeness (QED) is 0.227. The molecule has 13 nitrogen and oxygen atoms in total. The van der Waals surface area contributed by atoms with E-state index in [-0.39, 0.29) is 17.8 Å². The molecule has 0 fully saturated rings. The second kappa shape index (κ2) is 7.71. The summed E-state index contributed by atoms with van der Waals surface area (Å²) in [5.41, 5.74) is 11.9. The number of hydrogen-bond acceptors (Lipinski definition) is 11. The molecule has 0 atom stereocenters. The summed E-state index contributed by atoms with van der Waals surface area (Å²) in [6.07, 6.45) is 0. The van der Waals surface area contributed by atoms with Crippen molar-refractivity contribution < 1.29 is 25.9 Å². The SMILES string of the molecule is Nc1cccc(Nc2nc(N)nc(Nc3cc(S(=O)(=O)O)ccc3S(=O)(=O)O)n2)c1. The van der Waals surface area contributed by atoms with E-state index in [4.69, 9.17) is 11.5 Å². The molecule has 0 unspecified atom stereocenters. The zero-order chi connectivity index (χ0) is 22.1. The van der Waals surface area contributed by atoms with Crippen molar-refractivity contribution >= 4 is 55.1 Å².